The smallest absolute Gasteiger partial charge is 0.0972 e. The maximum atomic E-state index is 9.59. The Morgan fingerprint density at radius 2 is 2.21 bits per heavy atom. The Balaban J connectivity index is 2.27. The molecule has 0 bridgehead atoms. The first-order valence-electron chi connectivity index (χ1n) is 5.21. The third-order valence-electron chi connectivity index (χ3n) is 3.00. The van der Waals surface area contributed by atoms with Gasteiger partial charge in [0, 0.05) is 25.2 Å². The van der Waals surface area contributed by atoms with Crippen LogP contribution in [0.3, 0.4) is 0 Å². The summed E-state index contributed by atoms with van der Waals surface area (Å²) in [5.41, 5.74) is -0.996. The molecule has 0 aromatic rings. The van der Waals surface area contributed by atoms with E-state index in [0.29, 0.717) is 18.6 Å². The molecule has 1 rings (SSSR count). The van der Waals surface area contributed by atoms with E-state index < -0.39 is 5.60 Å². The molecule has 0 saturated carbocycles. The van der Waals surface area contributed by atoms with E-state index >= 15 is 0 Å². The molecule has 0 amide bonds. The van der Waals surface area contributed by atoms with Crippen LogP contribution in [0.25, 0.3) is 0 Å². The van der Waals surface area contributed by atoms with E-state index in [-0.39, 0.29) is 6.61 Å². The minimum absolute atomic E-state index is 0.196. The summed E-state index contributed by atoms with van der Waals surface area (Å²) in [6, 6.07) is 1.04. The zero-order valence-corrected chi connectivity index (χ0v) is 9.32. The molecule has 14 heavy (non-hydrogen) atoms. The van der Waals surface area contributed by atoms with Gasteiger partial charge in [0.15, 0.2) is 0 Å². The lowest BCUT2D eigenvalue weighted by Crippen LogP contribution is -2.45. The molecule has 4 heteroatoms. The van der Waals surface area contributed by atoms with Gasteiger partial charge in [-0.25, -0.2) is 0 Å². The highest BCUT2D eigenvalue weighted by molar-refractivity contribution is 4.87. The summed E-state index contributed by atoms with van der Waals surface area (Å²) in [6.45, 7) is 5.11. The fourth-order valence-electron chi connectivity index (χ4n) is 1.76. The molecular weight excluding hydrogens is 180 g/mol. The van der Waals surface area contributed by atoms with Gasteiger partial charge < -0.3 is 20.4 Å². The van der Waals surface area contributed by atoms with E-state index in [4.69, 9.17) is 5.11 Å². The normalized spacial score (nSPS) is 33.2. The van der Waals surface area contributed by atoms with Gasteiger partial charge in [-0.2, -0.15) is 0 Å². The summed E-state index contributed by atoms with van der Waals surface area (Å²) in [5, 5.41) is 21.7. The van der Waals surface area contributed by atoms with Crippen molar-refractivity contribution in [1.29, 1.82) is 0 Å². The zero-order chi connectivity index (χ0) is 10.8. The van der Waals surface area contributed by atoms with Crippen LogP contribution < -0.4 is 5.32 Å². The van der Waals surface area contributed by atoms with Gasteiger partial charge in [0.1, 0.15) is 0 Å². The van der Waals surface area contributed by atoms with Crippen molar-refractivity contribution >= 4 is 0 Å². The third kappa shape index (κ3) is 3.20. The molecule has 0 aromatic carbocycles. The number of likely N-dealkylation sites (N-methyl/N-ethyl adjacent to an activating group) is 1. The van der Waals surface area contributed by atoms with Crippen LogP contribution in [0, 0.1) is 0 Å². The molecular formula is C10H22N2O2. The second-order valence-electron chi connectivity index (χ2n) is 4.76. The van der Waals surface area contributed by atoms with E-state index in [1.807, 2.05) is 0 Å². The summed E-state index contributed by atoms with van der Waals surface area (Å²) < 4.78 is 0. The predicted octanol–water partition coefficient (Wildman–Crippen LogP) is -0.588. The SMILES string of the molecule is CC1CC(NCC(C)(O)CO)CN1C. The van der Waals surface area contributed by atoms with Crippen LogP contribution in [0.5, 0.6) is 0 Å². The van der Waals surface area contributed by atoms with Crippen LogP contribution in [-0.2, 0) is 0 Å². The number of nitrogens with zero attached hydrogens (tertiary/aromatic N) is 1. The molecule has 4 nitrogen and oxygen atoms in total. The first kappa shape index (κ1) is 11.9. The number of aliphatic hydroxyl groups is 2. The lowest BCUT2D eigenvalue weighted by Gasteiger charge is -2.23. The number of hydrogen-bond acceptors (Lipinski definition) is 4. The molecule has 1 heterocycles. The van der Waals surface area contributed by atoms with E-state index in [0.717, 1.165) is 13.0 Å². The van der Waals surface area contributed by atoms with Gasteiger partial charge >= 0.3 is 0 Å². The number of nitrogens with one attached hydrogen (secondary N) is 1. The molecule has 0 spiro atoms. The van der Waals surface area contributed by atoms with Gasteiger partial charge in [-0.1, -0.05) is 0 Å². The van der Waals surface area contributed by atoms with Crippen molar-refractivity contribution in [2.24, 2.45) is 0 Å². The molecule has 1 aliphatic rings. The molecule has 1 saturated heterocycles. The molecule has 84 valence electrons. The molecule has 0 aliphatic carbocycles. The summed E-state index contributed by atoms with van der Waals surface area (Å²) in [4.78, 5) is 2.30. The topological polar surface area (TPSA) is 55.7 Å². The number of likely N-dealkylation sites (tertiary alicyclic amines) is 1. The molecule has 1 fully saturated rings. The Morgan fingerprint density at radius 1 is 1.57 bits per heavy atom. The van der Waals surface area contributed by atoms with Gasteiger partial charge in [-0.05, 0) is 27.3 Å². The quantitative estimate of drug-likeness (QED) is 0.570. The Bertz CT molecular complexity index is 175. The Kier molecular flexibility index (Phi) is 3.89. The van der Waals surface area contributed by atoms with Gasteiger partial charge in [0.25, 0.3) is 0 Å². The van der Waals surface area contributed by atoms with Gasteiger partial charge in [-0.15, -0.1) is 0 Å². The summed E-state index contributed by atoms with van der Waals surface area (Å²) >= 11 is 0. The number of rotatable bonds is 4. The van der Waals surface area contributed by atoms with Crippen molar-refractivity contribution in [2.75, 3.05) is 26.7 Å². The average Bonchev–Trinajstić information content (AvgIpc) is 2.44. The van der Waals surface area contributed by atoms with Crippen LogP contribution in [0.2, 0.25) is 0 Å². The van der Waals surface area contributed by atoms with Crippen LogP contribution >= 0.6 is 0 Å². The fourth-order valence-corrected chi connectivity index (χ4v) is 1.76. The zero-order valence-electron chi connectivity index (χ0n) is 9.32. The monoisotopic (exact) mass is 202 g/mol. The van der Waals surface area contributed by atoms with Crippen molar-refractivity contribution in [3.63, 3.8) is 0 Å². The molecule has 3 atom stereocenters. The Labute approximate surface area is 85.9 Å². The van der Waals surface area contributed by atoms with Crippen LogP contribution in [0.1, 0.15) is 20.3 Å². The minimum atomic E-state index is -0.996. The largest absolute Gasteiger partial charge is 0.393 e. The third-order valence-corrected chi connectivity index (χ3v) is 3.00. The predicted molar refractivity (Wildman–Crippen MR) is 56.2 cm³/mol. The van der Waals surface area contributed by atoms with E-state index in [2.05, 4.69) is 24.2 Å². The van der Waals surface area contributed by atoms with E-state index in [9.17, 15) is 5.11 Å². The van der Waals surface area contributed by atoms with Gasteiger partial charge in [0.05, 0.1) is 12.2 Å². The molecule has 0 aromatic heterocycles. The lowest BCUT2D eigenvalue weighted by atomic mass is 10.1. The van der Waals surface area contributed by atoms with Crippen LogP contribution in [0.4, 0.5) is 0 Å². The first-order valence-corrected chi connectivity index (χ1v) is 5.21. The first-order chi connectivity index (χ1) is 6.44. The van der Waals surface area contributed by atoms with E-state index in [1.54, 1.807) is 6.92 Å². The second-order valence-corrected chi connectivity index (χ2v) is 4.76. The maximum Gasteiger partial charge on any atom is 0.0972 e. The van der Waals surface area contributed by atoms with Gasteiger partial charge in [0.2, 0.25) is 0 Å². The van der Waals surface area contributed by atoms with Gasteiger partial charge in [-0.3, -0.25) is 0 Å². The molecule has 1 aliphatic heterocycles. The second kappa shape index (κ2) is 4.57. The lowest BCUT2D eigenvalue weighted by molar-refractivity contribution is 0.000974. The van der Waals surface area contributed by atoms with Crippen molar-refractivity contribution in [3.05, 3.63) is 0 Å². The minimum Gasteiger partial charge on any atom is -0.393 e. The highest BCUT2D eigenvalue weighted by Crippen LogP contribution is 2.15. The van der Waals surface area contributed by atoms with Crippen molar-refractivity contribution < 1.29 is 10.2 Å². The summed E-state index contributed by atoms with van der Waals surface area (Å²) in [7, 11) is 2.11. The highest BCUT2D eigenvalue weighted by atomic mass is 16.3. The van der Waals surface area contributed by atoms with Crippen molar-refractivity contribution in [2.45, 2.75) is 38.0 Å². The fraction of sp³-hybridized carbons (Fsp3) is 1.00. The Hall–Kier alpha value is -0.160. The summed E-state index contributed by atoms with van der Waals surface area (Å²) in [6.07, 6.45) is 1.11. The van der Waals surface area contributed by atoms with Crippen LogP contribution in [0.15, 0.2) is 0 Å². The molecule has 3 N–H and O–H groups in total. The molecule has 3 unspecified atom stereocenters. The number of aliphatic hydroxyl groups excluding tert-OH is 1. The highest BCUT2D eigenvalue weighted by Gasteiger charge is 2.28. The van der Waals surface area contributed by atoms with Crippen LogP contribution in [-0.4, -0.2) is 59.5 Å². The average molecular weight is 202 g/mol. The van der Waals surface area contributed by atoms with Crippen molar-refractivity contribution in [1.82, 2.24) is 10.2 Å². The standard InChI is InChI=1S/C10H22N2O2/c1-8-4-9(5-12(8)3)11-6-10(2,14)7-13/h8-9,11,13-14H,4-7H2,1-3H3. The number of hydrogen-bond donors (Lipinski definition) is 3. The Morgan fingerprint density at radius 3 is 2.64 bits per heavy atom. The molecule has 0 radical (unpaired) electrons. The van der Waals surface area contributed by atoms with Crippen molar-refractivity contribution in [3.8, 4) is 0 Å². The maximum absolute atomic E-state index is 9.59. The summed E-state index contributed by atoms with van der Waals surface area (Å²) in [5.74, 6) is 0. The van der Waals surface area contributed by atoms with E-state index in [1.165, 1.54) is 0 Å².